The van der Waals surface area contributed by atoms with E-state index in [1.807, 2.05) is 6.26 Å². The second-order valence-electron chi connectivity index (χ2n) is 3.04. The average molecular weight is 262 g/mol. The largest absolute Gasteiger partial charge is 0.461 e. The molecule has 0 spiro atoms. The lowest BCUT2D eigenvalue weighted by Crippen LogP contribution is -2.08. The third kappa shape index (κ3) is 5.04. The Hall–Kier alpha value is -1.30. The van der Waals surface area contributed by atoms with E-state index in [4.69, 9.17) is 4.74 Å². The lowest BCUT2D eigenvalue weighted by Gasteiger charge is -2.07. The van der Waals surface area contributed by atoms with Gasteiger partial charge in [0.1, 0.15) is 12.4 Å². The Morgan fingerprint density at radius 3 is 2.88 bits per heavy atom. The number of benzene rings is 1. The molecule has 3 nitrogen and oxygen atoms in total. The molecule has 0 saturated carbocycles. The zero-order chi connectivity index (χ0) is 12.7. The summed E-state index contributed by atoms with van der Waals surface area (Å²) in [7, 11) is 0. The second kappa shape index (κ2) is 7.11. The third-order valence-electron chi connectivity index (χ3n) is 1.82. The molecule has 6 heteroatoms. The molecule has 0 aliphatic carbocycles. The van der Waals surface area contributed by atoms with E-state index in [2.05, 4.69) is 4.74 Å². The number of thioether (sulfide) groups is 1. The van der Waals surface area contributed by atoms with Crippen LogP contribution >= 0.6 is 11.8 Å². The van der Waals surface area contributed by atoms with Crippen molar-refractivity contribution in [1.29, 1.82) is 0 Å². The predicted molar refractivity (Wildman–Crippen MR) is 61.7 cm³/mol. The maximum Gasteiger partial charge on any atom is 0.387 e. The molecule has 94 valence electrons. The minimum Gasteiger partial charge on any atom is -0.461 e. The van der Waals surface area contributed by atoms with E-state index in [-0.39, 0.29) is 11.3 Å². The second-order valence-corrected chi connectivity index (χ2v) is 4.02. The fraction of sp³-hybridized carbons (Fsp3) is 0.364. The lowest BCUT2D eigenvalue weighted by molar-refractivity contribution is -0.0499. The standard InChI is InChI=1S/C11H12F2O3S/c1-17-6-5-15-10(14)8-3-2-4-9(7-8)16-11(12)13/h2-4,7,11H,5-6H2,1H3. The van der Waals surface area contributed by atoms with E-state index in [9.17, 15) is 13.6 Å². The monoisotopic (exact) mass is 262 g/mol. The Labute approximate surface area is 102 Å². The molecule has 0 aliphatic rings. The normalized spacial score (nSPS) is 10.4. The van der Waals surface area contributed by atoms with Gasteiger partial charge in [0.2, 0.25) is 0 Å². The Kier molecular flexibility index (Phi) is 5.76. The molecule has 0 heterocycles. The van der Waals surface area contributed by atoms with Crippen LogP contribution in [0.5, 0.6) is 5.75 Å². The highest BCUT2D eigenvalue weighted by atomic mass is 32.2. The minimum absolute atomic E-state index is 0.0562. The van der Waals surface area contributed by atoms with Crippen molar-refractivity contribution in [2.45, 2.75) is 6.61 Å². The minimum atomic E-state index is -2.90. The van der Waals surface area contributed by atoms with Gasteiger partial charge in [-0.05, 0) is 24.5 Å². The van der Waals surface area contributed by atoms with Crippen LogP contribution in [0.4, 0.5) is 8.78 Å². The summed E-state index contributed by atoms with van der Waals surface area (Å²) in [5.74, 6) is 0.0944. The van der Waals surface area contributed by atoms with Crippen molar-refractivity contribution < 1.29 is 23.0 Å². The number of alkyl halides is 2. The van der Waals surface area contributed by atoms with Gasteiger partial charge < -0.3 is 9.47 Å². The molecule has 0 amide bonds. The van der Waals surface area contributed by atoms with Crippen molar-refractivity contribution in [3.63, 3.8) is 0 Å². The number of halogens is 2. The van der Waals surface area contributed by atoms with E-state index in [1.165, 1.54) is 24.3 Å². The molecule has 0 aliphatic heterocycles. The van der Waals surface area contributed by atoms with Crippen LogP contribution < -0.4 is 4.74 Å². The number of hydrogen-bond acceptors (Lipinski definition) is 4. The highest BCUT2D eigenvalue weighted by molar-refractivity contribution is 7.98. The first kappa shape index (κ1) is 13.8. The van der Waals surface area contributed by atoms with E-state index >= 15 is 0 Å². The maximum absolute atomic E-state index is 12.0. The molecule has 0 saturated heterocycles. The zero-order valence-corrected chi connectivity index (χ0v) is 10.0. The maximum atomic E-state index is 12.0. The molecule has 17 heavy (non-hydrogen) atoms. The van der Waals surface area contributed by atoms with Gasteiger partial charge in [0.15, 0.2) is 0 Å². The molecule has 1 aromatic carbocycles. The van der Waals surface area contributed by atoms with Crippen LogP contribution in [0.1, 0.15) is 10.4 Å². The number of hydrogen-bond donors (Lipinski definition) is 0. The SMILES string of the molecule is CSCCOC(=O)c1cccc(OC(F)F)c1. The number of carbonyl (C=O) groups excluding carboxylic acids is 1. The molecule has 0 aromatic heterocycles. The molecule has 0 N–H and O–H groups in total. The van der Waals surface area contributed by atoms with Crippen molar-refractivity contribution in [2.24, 2.45) is 0 Å². The molecule has 0 fully saturated rings. The van der Waals surface area contributed by atoms with Crippen molar-refractivity contribution in [3.05, 3.63) is 29.8 Å². The van der Waals surface area contributed by atoms with Crippen LogP contribution in [0.2, 0.25) is 0 Å². The summed E-state index contributed by atoms with van der Waals surface area (Å²) in [4.78, 5) is 11.5. The van der Waals surface area contributed by atoms with Gasteiger partial charge in [0, 0.05) is 5.75 Å². The number of carbonyl (C=O) groups is 1. The van der Waals surface area contributed by atoms with Crippen molar-refractivity contribution in [2.75, 3.05) is 18.6 Å². The highest BCUT2D eigenvalue weighted by Crippen LogP contribution is 2.16. The first-order valence-electron chi connectivity index (χ1n) is 4.84. The average Bonchev–Trinajstić information content (AvgIpc) is 2.28. The number of ether oxygens (including phenoxy) is 2. The Morgan fingerprint density at radius 2 is 2.24 bits per heavy atom. The molecular weight excluding hydrogens is 250 g/mol. The summed E-state index contributed by atoms with van der Waals surface area (Å²) in [6.45, 7) is -2.61. The third-order valence-corrected chi connectivity index (χ3v) is 2.39. The smallest absolute Gasteiger partial charge is 0.387 e. The quantitative estimate of drug-likeness (QED) is 0.583. The summed E-state index contributed by atoms with van der Waals surface area (Å²) in [6.07, 6.45) is 1.89. The molecule has 0 radical (unpaired) electrons. The van der Waals surface area contributed by atoms with Gasteiger partial charge in [0.05, 0.1) is 5.56 Å². The summed E-state index contributed by atoms with van der Waals surface area (Å²) in [5, 5.41) is 0. The molecular formula is C11H12F2O3S. The molecule has 0 atom stereocenters. The molecule has 0 unspecified atom stereocenters. The first-order chi connectivity index (χ1) is 8.13. The lowest BCUT2D eigenvalue weighted by atomic mass is 10.2. The van der Waals surface area contributed by atoms with Crippen LogP contribution in [-0.2, 0) is 4.74 Å². The van der Waals surface area contributed by atoms with E-state index < -0.39 is 12.6 Å². The van der Waals surface area contributed by atoms with Gasteiger partial charge in [0.25, 0.3) is 0 Å². The van der Waals surface area contributed by atoms with Gasteiger partial charge in [-0.3, -0.25) is 0 Å². The molecule has 0 bridgehead atoms. The molecule has 1 rings (SSSR count). The number of rotatable bonds is 6. The van der Waals surface area contributed by atoms with Crippen molar-refractivity contribution >= 4 is 17.7 Å². The Bertz CT molecular complexity index is 371. The van der Waals surface area contributed by atoms with E-state index in [0.717, 1.165) is 0 Å². The zero-order valence-electron chi connectivity index (χ0n) is 9.19. The van der Waals surface area contributed by atoms with E-state index in [1.54, 1.807) is 11.8 Å². The van der Waals surface area contributed by atoms with Crippen molar-refractivity contribution in [3.8, 4) is 5.75 Å². The first-order valence-corrected chi connectivity index (χ1v) is 6.24. The van der Waals surface area contributed by atoms with Gasteiger partial charge in [-0.2, -0.15) is 20.5 Å². The van der Waals surface area contributed by atoms with Crippen LogP contribution in [0.3, 0.4) is 0 Å². The van der Waals surface area contributed by atoms with Crippen LogP contribution in [0.15, 0.2) is 24.3 Å². The van der Waals surface area contributed by atoms with Crippen molar-refractivity contribution in [1.82, 2.24) is 0 Å². The summed E-state index contributed by atoms with van der Waals surface area (Å²) >= 11 is 1.55. The number of esters is 1. The van der Waals surface area contributed by atoms with Gasteiger partial charge >= 0.3 is 12.6 Å². The summed E-state index contributed by atoms with van der Waals surface area (Å²) in [6, 6.07) is 5.53. The van der Waals surface area contributed by atoms with E-state index in [0.29, 0.717) is 12.4 Å². The Balaban J connectivity index is 2.60. The molecule has 1 aromatic rings. The van der Waals surface area contributed by atoms with Gasteiger partial charge in [-0.1, -0.05) is 6.07 Å². The summed E-state index contributed by atoms with van der Waals surface area (Å²) < 4.78 is 33.0. The van der Waals surface area contributed by atoms with Crippen LogP contribution in [-0.4, -0.2) is 31.2 Å². The Morgan fingerprint density at radius 1 is 1.47 bits per heavy atom. The van der Waals surface area contributed by atoms with Gasteiger partial charge in [-0.15, -0.1) is 0 Å². The van der Waals surface area contributed by atoms with Crippen LogP contribution in [0, 0.1) is 0 Å². The highest BCUT2D eigenvalue weighted by Gasteiger charge is 2.10. The topological polar surface area (TPSA) is 35.5 Å². The fourth-order valence-electron chi connectivity index (χ4n) is 1.10. The predicted octanol–water partition coefficient (Wildman–Crippen LogP) is 2.81. The van der Waals surface area contributed by atoms with Gasteiger partial charge in [-0.25, -0.2) is 4.79 Å². The summed E-state index contributed by atoms with van der Waals surface area (Å²) in [5.41, 5.74) is 0.198. The fourth-order valence-corrected chi connectivity index (χ4v) is 1.35. The van der Waals surface area contributed by atoms with Crippen LogP contribution in [0.25, 0.3) is 0 Å².